The molecule has 1 aliphatic rings. The third-order valence-electron chi connectivity index (χ3n) is 4.26. The number of carbonyl (C=O) groups is 2. The van der Waals surface area contributed by atoms with Gasteiger partial charge in [0.2, 0.25) is 11.9 Å². The molecule has 0 radical (unpaired) electrons. The fourth-order valence-corrected chi connectivity index (χ4v) is 3.19. The average Bonchev–Trinajstić information content (AvgIpc) is 3.16. The van der Waals surface area contributed by atoms with Gasteiger partial charge in [0.15, 0.2) is 6.61 Å². The number of fused-ring (bicyclic) bond motifs is 1. The lowest BCUT2D eigenvalue weighted by Gasteiger charge is -2.23. The maximum atomic E-state index is 12.0. The summed E-state index contributed by atoms with van der Waals surface area (Å²) >= 11 is 3.35. The summed E-state index contributed by atoms with van der Waals surface area (Å²) in [4.78, 5) is 27.9. The van der Waals surface area contributed by atoms with E-state index in [2.05, 4.69) is 36.6 Å². The van der Waals surface area contributed by atoms with Crippen LogP contribution in [-0.4, -0.2) is 33.2 Å². The first-order valence-electron chi connectivity index (χ1n) is 8.56. The Hall–Kier alpha value is -3.20. The number of aromatic nitrogens is 3. The van der Waals surface area contributed by atoms with E-state index in [1.807, 2.05) is 24.3 Å². The molecule has 1 aromatic heterocycles. The molecule has 2 amide bonds. The summed E-state index contributed by atoms with van der Waals surface area (Å²) in [5, 5.41) is 9.63. The Morgan fingerprint density at radius 1 is 1.21 bits per heavy atom. The van der Waals surface area contributed by atoms with Crippen molar-refractivity contribution in [2.75, 3.05) is 17.2 Å². The SMILES string of the molecule is O=C(COc1ccc([C@@H]2CC(=O)Nc3ncnn32)cc1)Nc1ccc(Br)cc1. The molecule has 1 aliphatic heterocycles. The first-order valence-corrected chi connectivity index (χ1v) is 9.35. The minimum Gasteiger partial charge on any atom is -0.484 e. The van der Waals surface area contributed by atoms with Gasteiger partial charge in [0.05, 0.1) is 12.5 Å². The molecule has 0 fully saturated rings. The lowest BCUT2D eigenvalue weighted by Crippen LogP contribution is -2.29. The van der Waals surface area contributed by atoms with Crippen molar-refractivity contribution in [3.05, 3.63) is 64.9 Å². The number of benzene rings is 2. The fourth-order valence-electron chi connectivity index (χ4n) is 2.93. The molecule has 0 unspecified atom stereocenters. The summed E-state index contributed by atoms with van der Waals surface area (Å²) in [6, 6.07) is 14.3. The van der Waals surface area contributed by atoms with E-state index in [9.17, 15) is 9.59 Å². The van der Waals surface area contributed by atoms with Crippen molar-refractivity contribution >= 4 is 39.4 Å². The van der Waals surface area contributed by atoms with Crippen LogP contribution in [0, 0.1) is 0 Å². The highest BCUT2D eigenvalue weighted by molar-refractivity contribution is 9.10. The second-order valence-electron chi connectivity index (χ2n) is 6.21. The van der Waals surface area contributed by atoms with E-state index >= 15 is 0 Å². The van der Waals surface area contributed by atoms with Crippen molar-refractivity contribution in [3.63, 3.8) is 0 Å². The van der Waals surface area contributed by atoms with Gasteiger partial charge in [-0.15, -0.1) is 0 Å². The third kappa shape index (κ3) is 4.04. The molecule has 3 aromatic rings. The van der Waals surface area contributed by atoms with Gasteiger partial charge >= 0.3 is 0 Å². The van der Waals surface area contributed by atoms with Crippen molar-refractivity contribution in [2.24, 2.45) is 0 Å². The maximum absolute atomic E-state index is 12.0. The first-order chi connectivity index (χ1) is 13.6. The Morgan fingerprint density at radius 2 is 1.96 bits per heavy atom. The number of amides is 2. The molecule has 0 aliphatic carbocycles. The summed E-state index contributed by atoms with van der Waals surface area (Å²) in [6.07, 6.45) is 1.70. The van der Waals surface area contributed by atoms with Crippen molar-refractivity contribution in [1.82, 2.24) is 14.8 Å². The zero-order valence-electron chi connectivity index (χ0n) is 14.6. The number of rotatable bonds is 5. The van der Waals surface area contributed by atoms with Crippen LogP contribution in [0.15, 0.2) is 59.3 Å². The second kappa shape index (κ2) is 7.81. The van der Waals surface area contributed by atoms with Gasteiger partial charge in [0.25, 0.3) is 5.91 Å². The Morgan fingerprint density at radius 3 is 2.71 bits per heavy atom. The van der Waals surface area contributed by atoms with Crippen LogP contribution < -0.4 is 15.4 Å². The lowest BCUT2D eigenvalue weighted by atomic mass is 10.0. The molecule has 2 N–H and O–H groups in total. The molecular formula is C19H16BrN5O3. The molecule has 2 heterocycles. The molecule has 0 saturated carbocycles. The highest BCUT2D eigenvalue weighted by atomic mass is 79.9. The Balaban J connectivity index is 1.37. The van der Waals surface area contributed by atoms with Gasteiger partial charge < -0.3 is 10.1 Å². The molecule has 0 bridgehead atoms. The largest absolute Gasteiger partial charge is 0.484 e. The van der Waals surface area contributed by atoms with E-state index < -0.39 is 0 Å². The smallest absolute Gasteiger partial charge is 0.262 e. The second-order valence-corrected chi connectivity index (χ2v) is 7.12. The first kappa shape index (κ1) is 18.2. The minimum absolute atomic E-state index is 0.101. The number of hydrogen-bond donors (Lipinski definition) is 2. The molecule has 0 spiro atoms. The van der Waals surface area contributed by atoms with Crippen LogP contribution in [0.3, 0.4) is 0 Å². The standard InChI is InChI=1S/C19H16BrN5O3/c20-13-3-5-14(6-4-13)23-18(27)10-28-15-7-1-12(2-8-15)16-9-17(26)24-19-21-11-22-25(16)19/h1-8,11,16H,9-10H2,(H,23,27)(H,21,22,24,26)/t16-/m0/s1. The number of anilines is 2. The summed E-state index contributed by atoms with van der Waals surface area (Å²) in [6.45, 7) is -0.103. The predicted molar refractivity (Wildman–Crippen MR) is 106 cm³/mol. The van der Waals surface area contributed by atoms with Crippen LogP contribution in [-0.2, 0) is 9.59 Å². The molecule has 4 rings (SSSR count). The van der Waals surface area contributed by atoms with Crippen molar-refractivity contribution in [3.8, 4) is 5.75 Å². The number of carbonyl (C=O) groups excluding carboxylic acids is 2. The molecule has 142 valence electrons. The van der Waals surface area contributed by atoms with Gasteiger partial charge in [-0.25, -0.2) is 4.68 Å². The number of nitrogens with zero attached hydrogens (tertiary/aromatic N) is 3. The third-order valence-corrected chi connectivity index (χ3v) is 4.79. The van der Waals surface area contributed by atoms with Crippen LogP contribution >= 0.6 is 15.9 Å². The molecule has 8 nitrogen and oxygen atoms in total. The number of ether oxygens (including phenoxy) is 1. The van der Waals surface area contributed by atoms with Crippen molar-refractivity contribution in [1.29, 1.82) is 0 Å². The van der Waals surface area contributed by atoms with Gasteiger partial charge in [0.1, 0.15) is 12.1 Å². The molecule has 9 heteroatoms. The van der Waals surface area contributed by atoms with Crippen molar-refractivity contribution < 1.29 is 14.3 Å². The summed E-state index contributed by atoms with van der Waals surface area (Å²) in [5.41, 5.74) is 1.61. The molecular weight excluding hydrogens is 426 g/mol. The molecule has 1 atom stereocenters. The van der Waals surface area contributed by atoms with E-state index in [0.717, 1.165) is 10.0 Å². The normalized spacial score (nSPS) is 15.5. The van der Waals surface area contributed by atoms with Gasteiger partial charge in [-0.1, -0.05) is 28.1 Å². The predicted octanol–water partition coefficient (Wildman–Crippen LogP) is 2.99. The van der Waals surface area contributed by atoms with Crippen LogP contribution in [0.4, 0.5) is 11.6 Å². The van der Waals surface area contributed by atoms with E-state index in [4.69, 9.17) is 4.74 Å². The highest BCUT2D eigenvalue weighted by Crippen LogP contribution is 2.29. The monoisotopic (exact) mass is 441 g/mol. The van der Waals surface area contributed by atoms with Gasteiger partial charge in [-0.3, -0.25) is 14.9 Å². The maximum Gasteiger partial charge on any atom is 0.262 e. The Labute approximate surface area is 169 Å². The summed E-state index contributed by atoms with van der Waals surface area (Å²) < 4.78 is 8.17. The van der Waals surface area contributed by atoms with Crippen LogP contribution in [0.2, 0.25) is 0 Å². The van der Waals surface area contributed by atoms with E-state index in [1.54, 1.807) is 28.9 Å². The van der Waals surface area contributed by atoms with E-state index in [0.29, 0.717) is 17.4 Å². The Kier molecular flexibility index (Phi) is 5.07. The molecule has 28 heavy (non-hydrogen) atoms. The van der Waals surface area contributed by atoms with Crippen molar-refractivity contribution in [2.45, 2.75) is 12.5 Å². The van der Waals surface area contributed by atoms with Gasteiger partial charge in [-0.2, -0.15) is 10.1 Å². The van der Waals surface area contributed by atoms with Crippen LogP contribution in [0.25, 0.3) is 0 Å². The van der Waals surface area contributed by atoms with Gasteiger partial charge in [-0.05, 0) is 42.0 Å². The van der Waals surface area contributed by atoms with Crippen LogP contribution in [0.5, 0.6) is 5.75 Å². The summed E-state index contributed by atoms with van der Waals surface area (Å²) in [5.74, 6) is 0.651. The number of nitrogens with one attached hydrogen (secondary N) is 2. The number of halogens is 1. The lowest BCUT2D eigenvalue weighted by molar-refractivity contribution is -0.118. The fraction of sp³-hybridized carbons (Fsp3) is 0.158. The zero-order valence-corrected chi connectivity index (χ0v) is 16.2. The molecule has 2 aromatic carbocycles. The summed E-state index contributed by atoms with van der Waals surface area (Å²) in [7, 11) is 0. The van der Waals surface area contributed by atoms with E-state index in [1.165, 1.54) is 6.33 Å². The van der Waals surface area contributed by atoms with Gasteiger partial charge in [0, 0.05) is 10.2 Å². The van der Waals surface area contributed by atoms with E-state index in [-0.39, 0.29) is 30.9 Å². The van der Waals surface area contributed by atoms with Crippen LogP contribution in [0.1, 0.15) is 18.0 Å². The minimum atomic E-state index is -0.248. The Bertz CT molecular complexity index is 1000. The zero-order chi connectivity index (χ0) is 19.5. The molecule has 0 saturated heterocycles. The average molecular weight is 442 g/mol. The number of hydrogen-bond acceptors (Lipinski definition) is 5. The highest BCUT2D eigenvalue weighted by Gasteiger charge is 2.27. The topological polar surface area (TPSA) is 98.1 Å². The quantitative estimate of drug-likeness (QED) is 0.633.